The third-order valence-electron chi connectivity index (χ3n) is 3.42. The Labute approximate surface area is 133 Å². The number of rotatable bonds is 1. The maximum absolute atomic E-state index is 13.9. The summed E-state index contributed by atoms with van der Waals surface area (Å²) in [7, 11) is 0. The standard InChI is InChI=1S/C13H8F10O2/c14-8-6(4-3-5(12(18,19)20)25-2-1-24-4)9(15)11(17)7(10(8)16)13(21,22)23/h4-5H,1-3H2. The second kappa shape index (κ2) is 6.63. The van der Waals surface area contributed by atoms with Gasteiger partial charge in [-0.15, -0.1) is 0 Å². The highest BCUT2D eigenvalue weighted by molar-refractivity contribution is 5.33. The summed E-state index contributed by atoms with van der Waals surface area (Å²) in [6.07, 6.45) is -16.8. The molecule has 1 aliphatic heterocycles. The molecule has 0 N–H and O–H groups in total. The number of halogens is 10. The molecule has 2 atom stereocenters. The van der Waals surface area contributed by atoms with E-state index in [1.807, 2.05) is 0 Å². The molecule has 0 amide bonds. The molecule has 1 fully saturated rings. The first-order chi connectivity index (χ1) is 11.4. The van der Waals surface area contributed by atoms with Crippen molar-refractivity contribution in [2.24, 2.45) is 0 Å². The van der Waals surface area contributed by atoms with Gasteiger partial charge in [0.1, 0.15) is 5.56 Å². The van der Waals surface area contributed by atoms with Crippen molar-refractivity contribution in [3.63, 3.8) is 0 Å². The van der Waals surface area contributed by atoms with Crippen molar-refractivity contribution in [2.75, 3.05) is 13.2 Å². The van der Waals surface area contributed by atoms with Crippen molar-refractivity contribution in [3.05, 3.63) is 34.4 Å². The van der Waals surface area contributed by atoms with Crippen molar-refractivity contribution in [1.29, 1.82) is 0 Å². The van der Waals surface area contributed by atoms with Gasteiger partial charge in [-0.05, 0) is 0 Å². The van der Waals surface area contributed by atoms with Crippen LogP contribution in [0.4, 0.5) is 43.9 Å². The predicted octanol–water partition coefficient (Wildman–Crippen LogP) is 4.67. The van der Waals surface area contributed by atoms with Crippen LogP contribution < -0.4 is 0 Å². The fourth-order valence-electron chi connectivity index (χ4n) is 2.32. The summed E-state index contributed by atoms with van der Waals surface area (Å²) in [6.45, 7) is -1.27. The summed E-state index contributed by atoms with van der Waals surface area (Å²) in [5.74, 6) is -10.5. The Kier molecular flexibility index (Phi) is 5.24. The molecular formula is C13H8F10O2. The first-order valence-electron chi connectivity index (χ1n) is 6.58. The van der Waals surface area contributed by atoms with Crippen LogP contribution >= 0.6 is 0 Å². The van der Waals surface area contributed by atoms with E-state index in [4.69, 9.17) is 4.74 Å². The van der Waals surface area contributed by atoms with E-state index < -0.39 is 78.6 Å². The van der Waals surface area contributed by atoms with E-state index in [2.05, 4.69) is 4.74 Å². The van der Waals surface area contributed by atoms with Gasteiger partial charge in [-0.3, -0.25) is 0 Å². The minimum Gasteiger partial charge on any atom is -0.371 e. The largest absolute Gasteiger partial charge is 0.422 e. The second-order valence-electron chi connectivity index (χ2n) is 5.04. The maximum atomic E-state index is 13.9. The molecule has 2 rings (SSSR count). The lowest BCUT2D eigenvalue weighted by molar-refractivity contribution is -0.220. The Morgan fingerprint density at radius 1 is 0.720 bits per heavy atom. The summed E-state index contributed by atoms with van der Waals surface area (Å²) in [6, 6.07) is 0. The molecule has 1 aromatic rings. The molecule has 142 valence electrons. The Balaban J connectivity index is 2.55. The third kappa shape index (κ3) is 3.84. The first kappa shape index (κ1) is 19.8. The molecule has 1 aromatic carbocycles. The van der Waals surface area contributed by atoms with Gasteiger partial charge in [0.25, 0.3) is 0 Å². The molecule has 0 bridgehead atoms. The quantitative estimate of drug-likeness (QED) is 0.516. The summed E-state index contributed by atoms with van der Waals surface area (Å²) in [5, 5.41) is 0. The highest BCUT2D eigenvalue weighted by Crippen LogP contribution is 2.41. The number of hydrogen-bond donors (Lipinski definition) is 0. The average molecular weight is 386 g/mol. The average Bonchev–Trinajstić information content (AvgIpc) is 2.70. The van der Waals surface area contributed by atoms with Gasteiger partial charge in [-0.1, -0.05) is 0 Å². The smallest absolute Gasteiger partial charge is 0.371 e. The van der Waals surface area contributed by atoms with Crippen molar-refractivity contribution >= 4 is 0 Å². The van der Waals surface area contributed by atoms with Gasteiger partial charge >= 0.3 is 12.4 Å². The molecule has 0 aliphatic carbocycles. The summed E-state index contributed by atoms with van der Waals surface area (Å²) in [4.78, 5) is 0. The minimum atomic E-state index is -5.75. The van der Waals surface area contributed by atoms with Crippen molar-refractivity contribution in [3.8, 4) is 0 Å². The molecule has 2 unspecified atom stereocenters. The normalized spacial score (nSPS) is 22.8. The molecule has 0 saturated carbocycles. The highest BCUT2D eigenvalue weighted by Gasteiger charge is 2.47. The highest BCUT2D eigenvalue weighted by atomic mass is 19.4. The topological polar surface area (TPSA) is 18.5 Å². The van der Waals surface area contributed by atoms with Crippen LogP contribution in [0.3, 0.4) is 0 Å². The van der Waals surface area contributed by atoms with E-state index in [9.17, 15) is 43.9 Å². The van der Waals surface area contributed by atoms with E-state index in [0.717, 1.165) is 0 Å². The van der Waals surface area contributed by atoms with E-state index in [1.54, 1.807) is 0 Å². The fourth-order valence-corrected chi connectivity index (χ4v) is 2.32. The molecule has 1 saturated heterocycles. The second-order valence-corrected chi connectivity index (χ2v) is 5.04. The first-order valence-corrected chi connectivity index (χ1v) is 6.58. The lowest BCUT2D eigenvalue weighted by Gasteiger charge is -2.23. The summed E-state index contributed by atoms with van der Waals surface area (Å²) < 4.78 is 140. The lowest BCUT2D eigenvalue weighted by atomic mass is 9.98. The lowest BCUT2D eigenvalue weighted by Crippen LogP contribution is -2.32. The molecule has 0 spiro atoms. The Morgan fingerprint density at radius 2 is 1.20 bits per heavy atom. The Hall–Kier alpha value is -1.56. The molecule has 0 radical (unpaired) electrons. The van der Waals surface area contributed by atoms with Gasteiger partial charge in [0.15, 0.2) is 29.4 Å². The van der Waals surface area contributed by atoms with Crippen LogP contribution in [-0.4, -0.2) is 25.5 Å². The van der Waals surface area contributed by atoms with Crippen LogP contribution in [0.15, 0.2) is 0 Å². The van der Waals surface area contributed by atoms with Crippen molar-refractivity contribution < 1.29 is 53.4 Å². The van der Waals surface area contributed by atoms with Crippen LogP contribution in [0.5, 0.6) is 0 Å². The predicted molar refractivity (Wildman–Crippen MR) is 60.4 cm³/mol. The van der Waals surface area contributed by atoms with Crippen LogP contribution in [0, 0.1) is 23.3 Å². The van der Waals surface area contributed by atoms with Gasteiger partial charge < -0.3 is 9.47 Å². The zero-order valence-electron chi connectivity index (χ0n) is 11.9. The Bertz CT molecular complexity index is 623. The number of benzene rings is 1. The number of ether oxygens (including phenoxy) is 2. The van der Waals surface area contributed by atoms with Gasteiger partial charge in [0.2, 0.25) is 0 Å². The van der Waals surface area contributed by atoms with E-state index >= 15 is 0 Å². The van der Waals surface area contributed by atoms with E-state index in [-0.39, 0.29) is 0 Å². The number of alkyl halides is 6. The molecule has 12 heteroatoms. The van der Waals surface area contributed by atoms with Gasteiger partial charge in [0, 0.05) is 6.42 Å². The van der Waals surface area contributed by atoms with E-state index in [0.29, 0.717) is 0 Å². The molecule has 1 heterocycles. The molecule has 0 aromatic heterocycles. The zero-order chi connectivity index (χ0) is 19.2. The fraction of sp³-hybridized carbons (Fsp3) is 0.538. The third-order valence-corrected chi connectivity index (χ3v) is 3.42. The van der Waals surface area contributed by atoms with Crippen molar-refractivity contribution in [2.45, 2.75) is 31.0 Å². The van der Waals surface area contributed by atoms with Crippen LogP contribution in [0.25, 0.3) is 0 Å². The van der Waals surface area contributed by atoms with Gasteiger partial charge in [-0.2, -0.15) is 26.3 Å². The zero-order valence-corrected chi connectivity index (χ0v) is 11.9. The molecule has 25 heavy (non-hydrogen) atoms. The van der Waals surface area contributed by atoms with Crippen LogP contribution in [-0.2, 0) is 15.7 Å². The molecular weight excluding hydrogens is 378 g/mol. The van der Waals surface area contributed by atoms with E-state index in [1.165, 1.54) is 0 Å². The summed E-state index contributed by atoms with van der Waals surface area (Å²) >= 11 is 0. The molecule has 1 aliphatic rings. The number of hydrogen-bond acceptors (Lipinski definition) is 2. The Morgan fingerprint density at radius 3 is 1.64 bits per heavy atom. The van der Waals surface area contributed by atoms with Gasteiger partial charge in [0.05, 0.1) is 24.9 Å². The minimum absolute atomic E-state index is 0.625. The van der Waals surface area contributed by atoms with Gasteiger partial charge in [-0.25, -0.2) is 17.6 Å². The maximum Gasteiger partial charge on any atom is 0.422 e. The van der Waals surface area contributed by atoms with Crippen LogP contribution in [0.2, 0.25) is 0 Å². The molecule has 2 nitrogen and oxygen atoms in total. The van der Waals surface area contributed by atoms with Crippen LogP contribution in [0.1, 0.15) is 23.7 Å². The van der Waals surface area contributed by atoms with Crippen molar-refractivity contribution in [1.82, 2.24) is 0 Å². The summed E-state index contributed by atoms with van der Waals surface area (Å²) in [5.41, 5.74) is -4.51. The monoisotopic (exact) mass is 386 g/mol. The SMILES string of the molecule is Fc1c(F)c(C(F)(F)F)c(F)c(F)c1C1CC(C(F)(F)F)OCCO1.